The molecule has 2 fully saturated rings. The zero-order chi connectivity index (χ0) is 38.8. The smallest absolute Gasteiger partial charge is 0.369 e. The van der Waals surface area contributed by atoms with Gasteiger partial charge in [-0.15, -0.1) is 0 Å². The molecule has 55 heavy (non-hydrogen) atoms. The number of fused-ring (bicyclic) bond motifs is 2. The van der Waals surface area contributed by atoms with Crippen LogP contribution in [0, 0.1) is 17.8 Å². The molecule has 0 radical (unpaired) electrons. The lowest BCUT2D eigenvalue weighted by Gasteiger charge is -2.38. The molecule has 15 heteroatoms. The van der Waals surface area contributed by atoms with Gasteiger partial charge in [0.25, 0.3) is 17.7 Å². The summed E-state index contributed by atoms with van der Waals surface area (Å²) in [7, 11) is 0. The Hall–Kier alpha value is -6.43. The Morgan fingerprint density at radius 3 is 2.45 bits per heavy atom. The fourth-order valence-electron chi connectivity index (χ4n) is 7.32. The van der Waals surface area contributed by atoms with Crippen LogP contribution >= 0.6 is 0 Å². The lowest BCUT2D eigenvalue weighted by Crippen LogP contribution is -2.54. The molecule has 4 aliphatic heterocycles. The average molecular weight is 750 g/mol. The van der Waals surface area contributed by atoms with Crippen LogP contribution in [0.5, 0.6) is 0 Å². The van der Waals surface area contributed by atoms with Gasteiger partial charge in [-0.1, -0.05) is 30.0 Å². The summed E-state index contributed by atoms with van der Waals surface area (Å²) in [5, 5.41) is 9.43. The highest BCUT2D eigenvalue weighted by atomic mass is 19.4. The van der Waals surface area contributed by atoms with E-state index in [1.54, 1.807) is 49.3 Å². The Bertz CT molecular complexity index is 2370. The first kappa shape index (κ1) is 35.6. The quantitative estimate of drug-likeness (QED) is 0.211. The number of para-hydroxylation sites is 1. The van der Waals surface area contributed by atoms with E-state index in [1.165, 1.54) is 10.7 Å². The van der Waals surface area contributed by atoms with Crippen LogP contribution in [0.2, 0.25) is 0 Å². The van der Waals surface area contributed by atoms with Crippen LogP contribution in [0.4, 0.5) is 35.9 Å². The summed E-state index contributed by atoms with van der Waals surface area (Å²) >= 11 is 0. The van der Waals surface area contributed by atoms with Crippen molar-refractivity contribution in [1.82, 2.24) is 20.0 Å². The molecule has 1 unspecified atom stereocenters. The van der Waals surface area contributed by atoms with Crippen LogP contribution in [-0.2, 0) is 32.5 Å². The summed E-state index contributed by atoms with van der Waals surface area (Å²) in [5.41, 5.74) is 1.95. The minimum atomic E-state index is -4.56. The Labute approximate surface area is 313 Å². The number of piperidine rings is 1. The summed E-state index contributed by atoms with van der Waals surface area (Å²) in [4.78, 5) is 68.7. The Balaban J connectivity index is 0.923. The number of benzene rings is 3. The molecule has 4 aliphatic rings. The first-order chi connectivity index (χ1) is 26.2. The van der Waals surface area contributed by atoms with Crippen molar-refractivity contribution in [2.24, 2.45) is 5.92 Å². The Kier molecular flexibility index (Phi) is 8.51. The van der Waals surface area contributed by atoms with Crippen LogP contribution in [-0.4, -0.2) is 69.9 Å². The third-order valence-corrected chi connectivity index (χ3v) is 10.6. The molecule has 12 nitrogen and oxygen atoms in total. The number of halogens is 3. The summed E-state index contributed by atoms with van der Waals surface area (Å²) in [6, 6.07) is 14.7. The van der Waals surface area contributed by atoms with Crippen molar-refractivity contribution >= 4 is 52.3 Å². The fourth-order valence-corrected chi connectivity index (χ4v) is 7.32. The largest absolute Gasteiger partial charge is 0.416 e. The van der Waals surface area contributed by atoms with Crippen molar-refractivity contribution in [3.8, 4) is 11.8 Å². The van der Waals surface area contributed by atoms with E-state index < -0.39 is 52.9 Å². The molecular formula is C40H34F3N7O5. The first-order valence-corrected chi connectivity index (χ1v) is 17.7. The maximum atomic E-state index is 13.8. The molecule has 5 amide bonds. The van der Waals surface area contributed by atoms with E-state index in [2.05, 4.69) is 27.6 Å². The second kappa shape index (κ2) is 13.2. The first-order valence-electron chi connectivity index (χ1n) is 17.7. The molecule has 5 heterocycles. The average Bonchev–Trinajstić information content (AvgIpc) is 3.85. The standard InChI is InChI=1S/C40H34F3N7O5/c1-39(2,38(55)45-30-12-9-26(40(41,42)43)17-33(30)48-16-15-25-5-3-4-6-31(25)48)49-22-23(19-44-49)7-8-24-20-47(21-24)27-10-11-28-29(18-27)37(54)50(36(28)53)32-13-14-34(51)46-35(32)52/h3-6,9-12,17-19,22,24,32H,13-16,20-21H2,1-2H3,(H,45,55)(H,46,51,52). The van der Waals surface area contributed by atoms with Gasteiger partial charge in [-0.05, 0) is 74.7 Å². The lowest BCUT2D eigenvalue weighted by atomic mass is 9.98. The highest BCUT2D eigenvalue weighted by Crippen LogP contribution is 2.42. The molecule has 0 bridgehead atoms. The van der Waals surface area contributed by atoms with E-state index in [9.17, 15) is 37.1 Å². The number of carbonyl (C=O) groups excluding carboxylic acids is 5. The zero-order valence-corrected chi connectivity index (χ0v) is 29.7. The molecule has 1 atom stereocenters. The zero-order valence-electron chi connectivity index (χ0n) is 29.7. The second-order valence-corrected chi connectivity index (χ2v) is 14.5. The molecule has 3 aromatic carbocycles. The lowest BCUT2D eigenvalue weighted by molar-refractivity contribution is -0.138. The van der Waals surface area contributed by atoms with E-state index in [4.69, 9.17) is 0 Å². The number of imide groups is 2. The van der Waals surface area contributed by atoms with Crippen LogP contribution in [0.1, 0.15) is 64.1 Å². The topological polar surface area (TPSA) is 137 Å². The van der Waals surface area contributed by atoms with E-state index >= 15 is 0 Å². The number of rotatable bonds is 6. The maximum Gasteiger partial charge on any atom is 0.416 e. The molecule has 2 saturated heterocycles. The number of nitrogens with one attached hydrogen (secondary N) is 2. The van der Waals surface area contributed by atoms with Gasteiger partial charge in [0, 0.05) is 43.6 Å². The number of amides is 5. The van der Waals surface area contributed by atoms with Crippen molar-refractivity contribution in [1.29, 1.82) is 0 Å². The van der Waals surface area contributed by atoms with Crippen molar-refractivity contribution in [3.63, 3.8) is 0 Å². The van der Waals surface area contributed by atoms with Crippen LogP contribution in [0.25, 0.3) is 0 Å². The van der Waals surface area contributed by atoms with Crippen LogP contribution in [0.3, 0.4) is 0 Å². The van der Waals surface area contributed by atoms with Gasteiger partial charge in [0.1, 0.15) is 11.6 Å². The van der Waals surface area contributed by atoms with Gasteiger partial charge >= 0.3 is 6.18 Å². The van der Waals surface area contributed by atoms with E-state index in [1.807, 2.05) is 29.2 Å². The van der Waals surface area contributed by atoms with Gasteiger partial charge in [-0.2, -0.15) is 18.3 Å². The van der Waals surface area contributed by atoms with Gasteiger partial charge in [0.15, 0.2) is 0 Å². The number of carbonyl (C=O) groups is 5. The van der Waals surface area contributed by atoms with E-state index in [-0.39, 0.29) is 41.3 Å². The van der Waals surface area contributed by atoms with Crippen molar-refractivity contribution < 1.29 is 37.1 Å². The molecule has 2 N–H and O–H groups in total. The molecule has 4 aromatic rings. The SMILES string of the molecule is CC(C)(C(=O)Nc1ccc(C(F)(F)F)cc1N1CCc2ccccc21)n1cc(C#CC2CN(c3ccc4c(c3)C(=O)N(C3CCC(=O)NC3=O)C4=O)C2)cn1. The number of hydrogen-bond acceptors (Lipinski definition) is 8. The van der Waals surface area contributed by atoms with Gasteiger partial charge in [0.2, 0.25) is 11.8 Å². The number of nitrogens with zero attached hydrogens (tertiary/aromatic N) is 5. The number of aromatic nitrogens is 2. The van der Waals surface area contributed by atoms with Crippen molar-refractivity contribution in [2.45, 2.75) is 50.9 Å². The Morgan fingerprint density at radius 1 is 0.927 bits per heavy atom. The molecule has 0 aliphatic carbocycles. The molecule has 0 spiro atoms. The molecule has 280 valence electrons. The number of alkyl halides is 3. The molecule has 1 aromatic heterocycles. The third-order valence-electron chi connectivity index (χ3n) is 10.6. The highest BCUT2D eigenvalue weighted by Gasteiger charge is 2.45. The van der Waals surface area contributed by atoms with Crippen molar-refractivity contribution in [2.75, 3.05) is 34.8 Å². The predicted octanol–water partition coefficient (Wildman–Crippen LogP) is 4.86. The maximum absolute atomic E-state index is 13.8. The van der Waals surface area contributed by atoms with Crippen LogP contribution < -0.4 is 20.4 Å². The Morgan fingerprint density at radius 2 is 1.69 bits per heavy atom. The summed E-state index contributed by atoms with van der Waals surface area (Å²) in [6.07, 6.45) is -0.595. The minimum Gasteiger partial charge on any atom is -0.369 e. The predicted molar refractivity (Wildman–Crippen MR) is 194 cm³/mol. The summed E-state index contributed by atoms with van der Waals surface area (Å²) in [6.45, 7) is 4.90. The molecule has 8 rings (SSSR count). The third kappa shape index (κ3) is 6.37. The van der Waals surface area contributed by atoms with Gasteiger partial charge in [0.05, 0.1) is 45.7 Å². The second-order valence-electron chi connectivity index (χ2n) is 14.5. The fraction of sp³-hybridized carbons (Fsp3) is 0.300. The van der Waals surface area contributed by atoms with E-state index in [0.717, 1.165) is 34.0 Å². The highest BCUT2D eigenvalue weighted by molar-refractivity contribution is 6.23. The van der Waals surface area contributed by atoms with E-state index in [0.29, 0.717) is 31.6 Å². The summed E-state index contributed by atoms with van der Waals surface area (Å²) in [5.74, 6) is 3.60. The van der Waals surface area contributed by atoms with Crippen molar-refractivity contribution in [3.05, 3.63) is 101 Å². The normalized spacial score (nSPS) is 18.4. The number of hydrogen-bond donors (Lipinski definition) is 2. The molecule has 0 saturated carbocycles. The van der Waals surface area contributed by atoms with Gasteiger partial charge in [-0.25, -0.2) is 0 Å². The summed E-state index contributed by atoms with van der Waals surface area (Å²) < 4.78 is 42.8. The monoisotopic (exact) mass is 749 g/mol. The van der Waals surface area contributed by atoms with Crippen LogP contribution in [0.15, 0.2) is 73.1 Å². The van der Waals surface area contributed by atoms with Gasteiger partial charge < -0.3 is 15.1 Å². The molecular weight excluding hydrogens is 715 g/mol. The minimum absolute atomic E-state index is 0.0148. The number of anilines is 4. The van der Waals surface area contributed by atoms with Gasteiger partial charge in [-0.3, -0.25) is 38.9 Å².